The van der Waals surface area contributed by atoms with Crippen LogP contribution in [-0.2, 0) is 11.3 Å². The molecule has 0 spiro atoms. The van der Waals surface area contributed by atoms with Gasteiger partial charge in [0, 0.05) is 6.54 Å². The highest BCUT2D eigenvalue weighted by Gasteiger charge is 2.19. The van der Waals surface area contributed by atoms with Gasteiger partial charge in [0.1, 0.15) is 5.75 Å². The molecule has 0 saturated carbocycles. The van der Waals surface area contributed by atoms with Crippen LogP contribution in [0.25, 0.3) is 0 Å². The number of carbonyl (C=O) groups is 1. The second-order valence-corrected chi connectivity index (χ2v) is 7.59. The van der Waals surface area contributed by atoms with Crippen LogP contribution in [0.5, 0.6) is 5.75 Å². The highest BCUT2D eigenvalue weighted by Crippen LogP contribution is 2.24. The maximum atomic E-state index is 12.4. The number of amides is 1. The Hall–Kier alpha value is -2.80. The Bertz CT molecular complexity index is 915. The van der Waals surface area contributed by atoms with Crippen LogP contribution in [0, 0.1) is 0 Å². The first-order valence-corrected chi connectivity index (χ1v) is 10.7. The standard InChI is InChI=1S/C22H26N4O2S/c1-4-26-21(17(3)28-19-13-9-6-10-14-19)24-25-22(26)29-15-20(27)23-16(2)18-11-7-5-8-12-18/h5-14,16-17H,4,15H2,1-3H3,(H,23,27)/t16-,17+/m0/s1. The minimum absolute atomic E-state index is 0.0351. The van der Waals surface area contributed by atoms with E-state index < -0.39 is 0 Å². The molecule has 1 N–H and O–H groups in total. The number of hydrogen-bond acceptors (Lipinski definition) is 5. The number of nitrogens with one attached hydrogen (secondary N) is 1. The first-order chi connectivity index (χ1) is 14.1. The smallest absolute Gasteiger partial charge is 0.230 e. The summed E-state index contributed by atoms with van der Waals surface area (Å²) in [5.41, 5.74) is 1.08. The van der Waals surface area contributed by atoms with Crippen LogP contribution < -0.4 is 10.1 Å². The van der Waals surface area contributed by atoms with E-state index in [4.69, 9.17) is 4.74 Å². The summed E-state index contributed by atoms with van der Waals surface area (Å²) >= 11 is 1.38. The number of ether oxygens (including phenoxy) is 1. The molecule has 7 heteroatoms. The van der Waals surface area contributed by atoms with Gasteiger partial charge in [0.25, 0.3) is 0 Å². The van der Waals surface area contributed by atoms with Gasteiger partial charge in [-0.1, -0.05) is 60.3 Å². The maximum absolute atomic E-state index is 12.4. The predicted octanol–water partition coefficient (Wildman–Crippen LogP) is 4.41. The van der Waals surface area contributed by atoms with E-state index in [1.807, 2.05) is 86.0 Å². The van der Waals surface area contributed by atoms with Crippen LogP contribution in [0.15, 0.2) is 65.8 Å². The maximum Gasteiger partial charge on any atom is 0.230 e. The summed E-state index contributed by atoms with van der Waals surface area (Å²) in [6.07, 6.45) is -0.244. The summed E-state index contributed by atoms with van der Waals surface area (Å²) in [4.78, 5) is 12.4. The van der Waals surface area contributed by atoms with Crippen molar-refractivity contribution in [3.8, 4) is 5.75 Å². The summed E-state index contributed by atoms with van der Waals surface area (Å²) in [6, 6.07) is 19.5. The van der Waals surface area contributed by atoms with E-state index in [0.29, 0.717) is 11.7 Å². The summed E-state index contributed by atoms with van der Waals surface area (Å²) < 4.78 is 7.96. The lowest BCUT2D eigenvalue weighted by Crippen LogP contribution is -2.28. The molecule has 3 rings (SSSR count). The molecule has 2 aromatic carbocycles. The number of rotatable bonds is 9. The molecule has 0 aliphatic heterocycles. The molecule has 0 bridgehead atoms. The summed E-state index contributed by atoms with van der Waals surface area (Å²) in [5.74, 6) is 1.78. The Labute approximate surface area is 175 Å². The number of thioether (sulfide) groups is 1. The first kappa shape index (κ1) is 20.9. The quantitative estimate of drug-likeness (QED) is 0.529. The molecule has 0 radical (unpaired) electrons. The van der Waals surface area contributed by atoms with Crippen LogP contribution in [0.3, 0.4) is 0 Å². The van der Waals surface area contributed by atoms with E-state index in [2.05, 4.69) is 15.5 Å². The van der Waals surface area contributed by atoms with Crippen molar-refractivity contribution in [3.63, 3.8) is 0 Å². The van der Waals surface area contributed by atoms with Gasteiger partial charge in [0.15, 0.2) is 17.1 Å². The average Bonchev–Trinajstić information content (AvgIpc) is 3.16. The van der Waals surface area contributed by atoms with Crippen molar-refractivity contribution < 1.29 is 9.53 Å². The largest absolute Gasteiger partial charge is 0.483 e. The molecular weight excluding hydrogens is 384 g/mol. The number of aromatic nitrogens is 3. The van der Waals surface area contributed by atoms with Crippen molar-refractivity contribution in [2.75, 3.05) is 5.75 Å². The minimum Gasteiger partial charge on any atom is -0.483 e. The molecule has 1 amide bonds. The third kappa shape index (κ3) is 5.60. The lowest BCUT2D eigenvalue weighted by Gasteiger charge is -2.16. The summed E-state index contributed by atoms with van der Waals surface area (Å²) in [6.45, 7) is 6.66. The van der Waals surface area contributed by atoms with Gasteiger partial charge in [-0.3, -0.25) is 4.79 Å². The van der Waals surface area contributed by atoms with Gasteiger partial charge < -0.3 is 14.6 Å². The molecule has 0 unspecified atom stereocenters. The second kappa shape index (κ2) is 10.1. The molecule has 1 aromatic heterocycles. The lowest BCUT2D eigenvalue weighted by atomic mass is 10.1. The van der Waals surface area contributed by atoms with Crippen molar-refractivity contribution in [1.82, 2.24) is 20.1 Å². The molecule has 0 saturated heterocycles. The molecule has 29 heavy (non-hydrogen) atoms. The molecule has 0 aliphatic rings. The zero-order valence-electron chi connectivity index (χ0n) is 16.9. The van der Waals surface area contributed by atoms with Gasteiger partial charge in [-0.15, -0.1) is 10.2 Å². The van der Waals surface area contributed by atoms with Crippen molar-refractivity contribution >= 4 is 17.7 Å². The van der Waals surface area contributed by atoms with E-state index in [-0.39, 0.29) is 23.8 Å². The van der Waals surface area contributed by atoms with E-state index in [0.717, 1.165) is 17.1 Å². The first-order valence-electron chi connectivity index (χ1n) is 9.70. The van der Waals surface area contributed by atoms with Crippen molar-refractivity contribution in [3.05, 3.63) is 72.1 Å². The van der Waals surface area contributed by atoms with Gasteiger partial charge in [0.05, 0.1) is 11.8 Å². The molecule has 0 fully saturated rings. The number of benzene rings is 2. The van der Waals surface area contributed by atoms with Crippen LogP contribution >= 0.6 is 11.8 Å². The normalized spacial score (nSPS) is 12.9. The molecule has 3 aromatic rings. The summed E-state index contributed by atoms with van der Waals surface area (Å²) in [5, 5.41) is 12.3. The number of para-hydroxylation sites is 1. The van der Waals surface area contributed by atoms with E-state index in [1.54, 1.807) is 0 Å². The Kier molecular flexibility index (Phi) is 7.30. The van der Waals surface area contributed by atoms with E-state index in [9.17, 15) is 4.79 Å². The second-order valence-electron chi connectivity index (χ2n) is 6.65. The molecular formula is C22H26N4O2S. The van der Waals surface area contributed by atoms with Gasteiger partial charge in [-0.05, 0) is 38.5 Å². The monoisotopic (exact) mass is 410 g/mol. The van der Waals surface area contributed by atoms with Gasteiger partial charge in [-0.2, -0.15) is 0 Å². The van der Waals surface area contributed by atoms with Crippen LogP contribution in [0.2, 0.25) is 0 Å². The van der Waals surface area contributed by atoms with Crippen LogP contribution in [-0.4, -0.2) is 26.4 Å². The van der Waals surface area contributed by atoms with Crippen LogP contribution in [0.4, 0.5) is 0 Å². The lowest BCUT2D eigenvalue weighted by molar-refractivity contribution is -0.119. The Morgan fingerprint density at radius 3 is 2.38 bits per heavy atom. The Morgan fingerprint density at radius 1 is 1.07 bits per heavy atom. The Balaban J connectivity index is 1.59. The Morgan fingerprint density at radius 2 is 1.72 bits per heavy atom. The van der Waals surface area contributed by atoms with E-state index >= 15 is 0 Å². The zero-order valence-corrected chi connectivity index (χ0v) is 17.7. The fourth-order valence-electron chi connectivity index (χ4n) is 3.00. The third-order valence-electron chi connectivity index (χ3n) is 4.49. The molecule has 0 aliphatic carbocycles. The number of carbonyl (C=O) groups excluding carboxylic acids is 1. The van der Waals surface area contributed by atoms with Gasteiger partial charge in [0.2, 0.25) is 5.91 Å². The van der Waals surface area contributed by atoms with Crippen molar-refractivity contribution in [2.24, 2.45) is 0 Å². The molecule has 6 nitrogen and oxygen atoms in total. The minimum atomic E-state index is -0.244. The third-order valence-corrected chi connectivity index (χ3v) is 5.46. The van der Waals surface area contributed by atoms with Gasteiger partial charge in [-0.25, -0.2) is 0 Å². The summed E-state index contributed by atoms with van der Waals surface area (Å²) in [7, 11) is 0. The molecule has 152 valence electrons. The average molecular weight is 411 g/mol. The van der Waals surface area contributed by atoms with Crippen molar-refractivity contribution in [2.45, 2.75) is 44.6 Å². The van der Waals surface area contributed by atoms with Gasteiger partial charge >= 0.3 is 0 Å². The topological polar surface area (TPSA) is 69.0 Å². The van der Waals surface area contributed by atoms with E-state index in [1.165, 1.54) is 11.8 Å². The fourth-order valence-corrected chi connectivity index (χ4v) is 3.82. The highest BCUT2D eigenvalue weighted by atomic mass is 32.2. The predicted molar refractivity (Wildman–Crippen MR) is 115 cm³/mol. The SMILES string of the molecule is CCn1c(SCC(=O)N[C@@H](C)c2ccccc2)nnc1[C@@H](C)Oc1ccccc1. The highest BCUT2D eigenvalue weighted by molar-refractivity contribution is 7.99. The number of hydrogen-bond donors (Lipinski definition) is 1. The molecule has 2 atom stereocenters. The van der Waals surface area contributed by atoms with Crippen molar-refractivity contribution in [1.29, 1.82) is 0 Å². The fraction of sp³-hybridized carbons (Fsp3) is 0.318. The number of nitrogens with zero attached hydrogens (tertiary/aromatic N) is 3. The van der Waals surface area contributed by atoms with Crippen LogP contribution in [0.1, 0.15) is 44.3 Å². The zero-order chi connectivity index (χ0) is 20.6. The molecule has 1 heterocycles.